The maximum Gasteiger partial charge on any atom is 0.0461 e. The number of nitrogens with zero attached hydrogens (tertiary/aromatic N) is 2. The monoisotopic (exact) mass is 306 g/mol. The maximum atomic E-state index is 3.97. The van der Waals surface area contributed by atoms with E-state index in [9.17, 15) is 0 Å². The van der Waals surface area contributed by atoms with Crippen LogP contribution in [0.25, 0.3) is 0 Å². The van der Waals surface area contributed by atoms with E-state index in [1.165, 1.54) is 0 Å². The molecule has 0 saturated heterocycles. The lowest BCUT2D eigenvalue weighted by Crippen LogP contribution is -2.19. The predicted molar refractivity (Wildman–Crippen MR) is 105 cm³/mol. The van der Waals surface area contributed by atoms with E-state index in [1.54, 1.807) is 37.6 Å². The third-order valence-electron chi connectivity index (χ3n) is 2.76. The molecule has 0 aliphatic heterocycles. The van der Waals surface area contributed by atoms with Crippen molar-refractivity contribution in [1.82, 2.24) is 4.90 Å². The van der Waals surface area contributed by atoms with E-state index in [2.05, 4.69) is 36.2 Å². The maximum absolute atomic E-state index is 3.97. The molecule has 0 aliphatic carbocycles. The quantitative estimate of drug-likeness (QED) is 0.383. The molecule has 0 amide bonds. The first-order valence-corrected chi connectivity index (χ1v) is 7.32. The van der Waals surface area contributed by atoms with Crippen molar-refractivity contribution in [3.63, 3.8) is 0 Å². The topological polar surface area (TPSA) is 15.6 Å². The van der Waals surface area contributed by atoms with Gasteiger partial charge in [0.25, 0.3) is 0 Å². The van der Waals surface area contributed by atoms with Crippen molar-refractivity contribution in [3.05, 3.63) is 110 Å². The van der Waals surface area contributed by atoms with E-state index >= 15 is 0 Å². The second-order valence-electron chi connectivity index (χ2n) is 4.27. The number of allylic oxidation sites excluding steroid dienone is 11. The van der Waals surface area contributed by atoms with Gasteiger partial charge in [0.15, 0.2) is 0 Å². The first-order valence-electron chi connectivity index (χ1n) is 7.32. The summed E-state index contributed by atoms with van der Waals surface area (Å²) < 4.78 is 0. The molecule has 0 aromatic rings. The first-order chi connectivity index (χ1) is 11.2. The highest BCUT2D eigenvalue weighted by atomic mass is 15.2. The molecule has 0 bridgehead atoms. The SMILES string of the molecule is C=C/C=C\C(=C/C=C)N(/C(C=C)=C/C=C)C(/C=C\C=N/C)=C/C. The highest BCUT2D eigenvalue weighted by Crippen LogP contribution is 2.23. The van der Waals surface area contributed by atoms with Crippen LogP contribution in [0.3, 0.4) is 0 Å². The van der Waals surface area contributed by atoms with Crippen molar-refractivity contribution in [2.45, 2.75) is 6.92 Å². The molecule has 0 fully saturated rings. The van der Waals surface area contributed by atoms with Gasteiger partial charge in [-0.1, -0.05) is 56.7 Å². The molecule has 0 radical (unpaired) electrons. The van der Waals surface area contributed by atoms with Crippen LogP contribution in [0, 0.1) is 0 Å². The summed E-state index contributed by atoms with van der Waals surface area (Å²) in [4.78, 5) is 6.02. The van der Waals surface area contributed by atoms with Gasteiger partial charge in [-0.2, -0.15) is 0 Å². The van der Waals surface area contributed by atoms with Crippen molar-refractivity contribution in [2.24, 2.45) is 4.99 Å². The summed E-state index contributed by atoms with van der Waals surface area (Å²) in [5.41, 5.74) is 2.80. The molecule has 0 N–H and O–H groups in total. The van der Waals surface area contributed by atoms with Crippen LogP contribution in [0.15, 0.2) is 115 Å². The second kappa shape index (κ2) is 12.8. The fourth-order valence-corrected chi connectivity index (χ4v) is 1.82. The Morgan fingerprint density at radius 3 is 1.91 bits per heavy atom. The molecule has 0 atom stereocenters. The van der Waals surface area contributed by atoms with Gasteiger partial charge in [0.1, 0.15) is 0 Å². The first kappa shape index (κ1) is 20.1. The summed E-state index contributed by atoms with van der Waals surface area (Å²) in [6.07, 6.45) is 22.3. The average Bonchev–Trinajstić information content (AvgIpc) is 2.57. The highest BCUT2D eigenvalue weighted by molar-refractivity contribution is 5.71. The van der Waals surface area contributed by atoms with Gasteiger partial charge in [-0.25, -0.2) is 0 Å². The molecule has 0 heterocycles. The Kier molecular flexibility index (Phi) is 11.2. The van der Waals surface area contributed by atoms with Gasteiger partial charge in [0.2, 0.25) is 0 Å². The normalized spacial score (nSPS) is 13.7. The van der Waals surface area contributed by atoms with Crippen LogP contribution in [0.4, 0.5) is 0 Å². The van der Waals surface area contributed by atoms with Gasteiger partial charge in [0, 0.05) is 30.4 Å². The molecule has 0 aromatic heterocycles. The molecule has 2 nitrogen and oxygen atoms in total. The second-order valence-corrected chi connectivity index (χ2v) is 4.27. The summed E-state index contributed by atoms with van der Waals surface area (Å²) in [6, 6.07) is 0. The Balaban J connectivity index is 6.21. The Morgan fingerprint density at radius 1 is 0.826 bits per heavy atom. The van der Waals surface area contributed by atoms with Gasteiger partial charge in [0.05, 0.1) is 0 Å². The zero-order valence-electron chi connectivity index (χ0n) is 14.2. The van der Waals surface area contributed by atoms with Gasteiger partial charge >= 0.3 is 0 Å². The number of aliphatic imine (C=N–C) groups is 1. The van der Waals surface area contributed by atoms with E-state index in [-0.39, 0.29) is 0 Å². The molecule has 0 aliphatic rings. The zero-order chi connectivity index (χ0) is 17.5. The molecular formula is C21H26N2. The van der Waals surface area contributed by atoms with Crippen LogP contribution in [0.2, 0.25) is 0 Å². The summed E-state index contributed by atoms with van der Waals surface area (Å²) in [5.74, 6) is 0. The minimum atomic E-state index is 0.896. The number of rotatable bonds is 10. The Labute approximate surface area is 140 Å². The third-order valence-corrected chi connectivity index (χ3v) is 2.76. The Bertz CT molecular complexity index is 593. The average molecular weight is 306 g/mol. The number of hydrogen-bond acceptors (Lipinski definition) is 2. The van der Waals surface area contributed by atoms with Crippen LogP contribution < -0.4 is 0 Å². The summed E-state index contributed by atoms with van der Waals surface area (Å²) >= 11 is 0. The molecule has 0 unspecified atom stereocenters. The van der Waals surface area contributed by atoms with Gasteiger partial charge in [-0.15, -0.1) is 0 Å². The summed E-state index contributed by atoms with van der Waals surface area (Å²) in [6.45, 7) is 17.2. The van der Waals surface area contributed by atoms with Crippen molar-refractivity contribution in [1.29, 1.82) is 0 Å². The minimum absolute atomic E-state index is 0.896. The van der Waals surface area contributed by atoms with E-state index in [1.807, 2.05) is 49.5 Å². The van der Waals surface area contributed by atoms with Gasteiger partial charge in [-0.3, -0.25) is 4.99 Å². The fraction of sp³-hybridized carbons (Fsp3) is 0.0952. The fourth-order valence-electron chi connectivity index (χ4n) is 1.82. The molecule has 2 heteroatoms. The van der Waals surface area contributed by atoms with Crippen LogP contribution >= 0.6 is 0 Å². The molecule has 23 heavy (non-hydrogen) atoms. The van der Waals surface area contributed by atoms with Crippen LogP contribution in [0.5, 0.6) is 0 Å². The molecule has 0 spiro atoms. The largest absolute Gasteiger partial charge is 0.311 e. The van der Waals surface area contributed by atoms with E-state index in [0.29, 0.717) is 0 Å². The lowest BCUT2D eigenvalue weighted by atomic mass is 10.2. The Morgan fingerprint density at radius 2 is 1.43 bits per heavy atom. The van der Waals surface area contributed by atoms with E-state index in [4.69, 9.17) is 0 Å². The number of hydrogen-bond donors (Lipinski definition) is 0. The van der Waals surface area contributed by atoms with Crippen LogP contribution in [-0.4, -0.2) is 18.2 Å². The molecular weight excluding hydrogens is 280 g/mol. The van der Waals surface area contributed by atoms with Gasteiger partial charge < -0.3 is 4.90 Å². The predicted octanol–water partition coefficient (Wildman–Crippen LogP) is 5.52. The van der Waals surface area contributed by atoms with Crippen LogP contribution in [-0.2, 0) is 0 Å². The van der Waals surface area contributed by atoms with Crippen molar-refractivity contribution < 1.29 is 0 Å². The Hall–Kier alpha value is -2.87. The highest BCUT2D eigenvalue weighted by Gasteiger charge is 2.12. The van der Waals surface area contributed by atoms with Crippen molar-refractivity contribution in [3.8, 4) is 0 Å². The molecule has 120 valence electrons. The minimum Gasteiger partial charge on any atom is -0.311 e. The molecule has 0 saturated carbocycles. The molecule has 0 aromatic carbocycles. The zero-order valence-corrected chi connectivity index (χ0v) is 14.2. The smallest absolute Gasteiger partial charge is 0.0461 e. The summed E-state index contributed by atoms with van der Waals surface area (Å²) in [7, 11) is 1.74. The third kappa shape index (κ3) is 7.09. The molecule has 0 rings (SSSR count). The summed E-state index contributed by atoms with van der Waals surface area (Å²) in [5, 5.41) is 0. The standard InChI is InChI=1S/C21H26N2/c1-7-12-16-21(15-9-3)23(19(10-4)14-8-2)20(11-5)17-13-18-22-6/h7-18H,1-4H2,5-6H3/b16-12-,17-13-,19-14+,20-11+,21-15+,22-18-. The lowest BCUT2D eigenvalue weighted by molar-refractivity contribution is 0.577. The van der Waals surface area contributed by atoms with Crippen LogP contribution in [0.1, 0.15) is 6.92 Å². The lowest BCUT2D eigenvalue weighted by Gasteiger charge is -2.28. The van der Waals surface area contributed by atoms with Crippen molar-refractivity contribution >= 4 is 6.21 Å². The van der Waals surface area contributed by atoms with E-state index < -0.39 is 0 Å². The van der Waals surface area contributed by atoms with E-state index in [0.717, 1.165) is 17.1 Å². The van der Waals surface area contributed by atoms with Crippen molar-refractivity contribution in [2.75, 3.05) is 7.05 Å². The van der Waals surface area contributed by atoms with Gasteiger partial charge in [-0.05, 0) is 43.4 Å².